The number of carboxylic acid groups (broad SMARTS) is 1. The fourth-order valence-electron chi connectivity index (χ4n) is 4.37. The zero-order valence-electron chi connectivity index (χ0n) is 18.6. The Morgan fingerprint density at radius 2 is 1.61 bits per heavy atom. The zero-order chi connectivity index (χ0) is 25.4. The second-order valence-corrected chi connectivity index (χ2v) is 11.5. The Kier molecular flexibility index (Phi) is 6.31. The third kappa shape index (κ3) is 4.27. The summed E-state index contributed by atoms with van der Waals surface area (Å²) in [6.45, 7) is -0.507. The van der Waals surface area contributed by atoms with E-state index in [2.05, 4.69) is 4.98 Å². The summed E-state index contributed by atoms with van der Waals surface area (Å²) in [4.78, 5) is 16.1. The van der Waals surface area contributed by atoms with Crippen LogP contribution in [-0.4, -0.2) is 31.1 Å². The molecule has 0 saturated heterocycles. The minimum atomic E-state index is -4.36. The number of nitrogens with zero attached hydrogens (tertiary/aromatic N) is 1. The maximum atomic E-state index is 14.8. The van der Waals surface area contributed by atoms with E-state index in [-0.39, 0.29) is 15.5 Å². The molecule has 5 rings (SSSR count). The number of carboxylic acids is 1. The number of hydrogen-bond donors (Lipinski definition) is 1. The molecule has 4 aromatic rings. The molecule has 1 heterocycles. The first kappa shape index (κ1) is 24.1. The second-order valence-electron chi connectivity index (χ2n) is 8.18. The van der Waals surface area contributed by atoms with Gasteiger partial charge in [-0.25, -0.2) is 27.0 Å². The number of hydrogen-bond acceptors (Lipinski definition) is 6. The van der Waals surface area contributed by atoms with Crippen molar-refractivity contribution in [1.29, 1.82) is 0 Å². The van der Waals surface area contributed by atoms with E-state index in [0.717, 1.165) is 33.9 Å². The Hall–Kier alpha value is -3.63. The van der Waals surface area contributed by atoms with Gasteiger partial charge in [0.05, 0.1) is 5.69 Å². The van der Waals surface area contributed by atoms with Gasteiger partial charge < -0.3 is 9.84 Å². The molecule has 1 aliphatic carbocycles. The molecule has 0 aliphatic heterocycles. The topological polar surface area (TPSA) is 93.6 Å². The fraction of sp³-hybridized carbons (Fsp3) is 0.154. The maximum absolute atomic E-state index is 14.8. The number of halogens is 2. The number of aryl methyl sites for hydroxylation is 1. The molecule has 3 aromatic carbocycles. The Morgan fingerprint density at radius 3 is 2.22 bits per heavy atom. The largest absolute Gasteiger partial charge is 0.482 e. The van der Waals surface area contributed by atoms with Crippen molar-refractivity contribution in [2.75, 3.05) is 6.61 Å². The van der Waals surface area contributed by atoms with Gasteiger partial charge in [-0.05, 0) is 31.0 Å². The number of aliphatic carboxylic acids is 1. The molecular formula is C26H19F2NO5S2. The lowest BCUT2D eigenvalue weighted by Gasteiger charge is -2.18. The predicted octanol–water partition coefficient (Wildman–Crippen LogP) is 5.21. The van der Waals surface area contributed by atoms with Crippen molar-refractivity contribution < 1.29 is 31.8 Å². The third-order valence-corrected chi connectivity index (χ3v) is 9.51. The summed E-state index contributed by atoms with van der Waals surface area (Å²) >= 11 is 0.980. The Labute approximate surface area is 209 Å². The van der Waals surface area contributed by atoms with Crippen molar-refractivity contribution in [2.45, 2.75) is 22.4 Å². The van der Waals surface area contributed by atoms with Crippen LogP contribution in [0.1, 0.15) is 26.8 Å². The monoisotopic (exact) mass is 527 g/mol. The molecule has 1 N–H and O–H groups in total. The lowest BCUT2D eigenvalue weighted by Crippen LogP contribution is -2.18. The highest BCUT2D eigenvalue weighted by molar-refractivity contribution is 7.93. The fourth-order valence-corrected chi connectivity index (χ4v) is 7.70. The lowest BCUT2D eigenvalue weighted by molar-refractivity contribution is -0.139. The lowest BCUT2D eigenvalue weighted by atomic mass is 9.93. The number of fused-ring (bicyclic) bond motifs is 3. The van der Waals surface area contributed by atoms with Gasteiger partial charge in [-0.15, -0.1) is 11.3 Å². The molecule has 0 fully saturated rings. The summed E-state index contributed by atoms with van der Waals surface area (Å²) in [5.74, 6) is -2.24. The Bertz CT molecular complexity index is 1540. The van der Waals surface area contributed by atoms with Crippen LogP contribution in [0.4, 0.5) is 8.78 Å². The van der Waals surface area contributed by atoms with Crippen LogP contribution in [0.5, 0.6) is 5.75 Å². The van der Waals surface area contributed by atoms with E-state index in [1.807, 2.05) is 0 Å². The van der Waals surface area contributed by atoms with Gasteiger partial charge in [-0.1, -0.05) is 48.5 Å². The Balaban J connectivity index is 1.63. The smallest absolute Gasteiger partial charge is 0.341 e. The van der Waals surface area contributed by atoms with Crippen molar-refractivity contribution in [3.05, 3.63) is 99.9 Å². The van der Waals surface area contributed by atoms with E-state index >= 15 is 0 Å². The average Bonchev–Trinajstić information content (AvgIpc) is 3.31. The van der Waals surface area contributed by atoms with Gasteiger partial charge in [0.15, 0.2) is 6.61 Å². The highest BCUT2D eigenvalue weighted by atomic mass is 32.2. The van der Waals surface area contributed by atoms with Crippen LogP contribution in [0.25, 0.3) is 11.3 Å². The Morgan fingerprint density at radius 1 is 0.972 bits per heavy atom. The van der Waals surface area contributed by atoms with Gasteiger partial charge in [0.2, 0.25) is 14.2 Å². The van der Waals surface area contributed by atoms with Crippen molar-refractivity contribution in [3.8, 4) is 17.0 Å². The molecule has 0 radical (unpaired) electrons. The minimum absolute atomic E-state index is 0.166. The summed E-state index contributed by atoms with van der Waals surface area (Å²) in [5, 5.41) is 7.33. The van der Waals surface area contributed by atoms with Crippen LogP contribution in [0, 0.1) is 11.6 Å². The van der Waals surface area contributed by atoms with Gasteiger partial charge in [-0.2, -0.15) is 0 Å². The van der Waals surface area contributed by atoms with E-state index in [0.29, 0.717) is 29.8 Å². The maximum Gasteiger partial charge on any atom is 0.341 e. The summed E-state index contributed by atoms with van der Waals surface area (Å²) in [5.41, 5.74) is 1.49. The van der Waals surface area contributed by atoms with E-state index in [1.54, 1.807) is 18.2 Å². The molecule has 0 bridgehead atoms. The van der Waals surface area contributed by atoms with Gasteiger partial charge >= 0.3 is 5.97 Å². The van der Waals surface area contributed by atoms with Gasteiger partial charge in [0, 0.05) is 27.1 Å². The average molecular weight is 528 g/mol. The van der Waals surface area contributed by atoms with Crippen molar-refractivity contribution in [2.24, 2.45) is 0 Å². The molecule has 0 spiro atoms. The number of carbonyl (C=O) groups is 1. The normalized spacial score (nSPS) is 12.8. The number of ether oxygens (including phenoxy) is 1. The molecule has 0 atom stereocenters. The summed E-state index contributed by atoms with van der Waals surface area (Å²) in [6.07, 6.45) is 0.969. The molecule has 0 unspecified atom stereocenters. The van der Waals surface area contributed by atoms with E-state index < -0.39 is 39.3 Å². The molecule has 10 heteroatoms. The first-order chi connectivity index (χ1) is 17.3. The van der Waals surface area contributed by atoms with E-state index in [4.69, 9.17) is 9.84 Å². The number of rotatable bonds is 7. The summed E-state index contributed by atoms with van der Waals surface area (Å²) < 4.78 is 62.7. The molecular weight excluding hydrogens is 508 g/mol. The number of thiazole rings is 1. The van der Waals surface area contributed by atoms with Crippen LogP contribution < -0.4 is 4.74 Å². The second kappa shape index (κ2) is 9.44. The number of benzene rings is 3. The summed E-state index contributed by atoms with van der Waals surface area (Å²) in [6, 6.07) is 15.9. The first-order valence-corrected chi connectivity index (χ1v) is 13.3. The number of aromatic nitrogens is 1. The van der Waals surface area contributed by atoms with Crippen molar-refractivity contribution >= 4 is 27.1 Å². The quantitative estimate of drug-likeness (QED) is 0.355. The highest BCUT2D eigenvalue weighted by Gasteiger charge is 2.38. The molecule has 1 aliphatic rings. The molecule has 184 valence electrons. The van der Waals surface area contributed by atoms with Gasteiger partial charge in [0.25, 0.3) is 0 Å². The number of sulfone groups is 1. The third-order valence-electron chi connectivity index (χ3n) is 5.95. The van der Waals surface area contributed by atoms with Gasteiger partial charge in [0.1, 0.15) is 22.6 Å². The van der Waals surface area contributed by atoms with Crippen molar-refractivity contribution in [1.82, 2.24) is 4.98 Å². The van der Waals surface area contributed by atoms with E-state index in [1.165, 1.54) is 36.4 Å². The first-order valence-electron chi connectivity index (χ1n) is 11.0. The highest BCUT2D eigenvalue weighted by Crippen LogP contribution is 2.44. The van der Waals surface area contributed by atoms with E-state index in [9.17, 15) is 22.0 Å². The standard InChI is InChI=1S/C26H19F2NO5S2/c27-19-9-3-1-6-17(19)25(18-7-2-4-10-20(18)28)36(32,33)26-29-24-16-8-5-11-21(34-14-23(30)31)15(16)12-13-22(24)35-26/h1-11,25H,12-14H2,(H,30,31). The van der Waals surface area contributed by atoms with Crippen LogP contribution in [-0.2, 0) is 27.5 Å². The summed E-state index contributed by atoms with van der Waals surface area (Å²) in [7, 11) is -4.36. The minimum Gasteiger partial charge on any atom is -0.482 e. The molecule has 0 amide bonds. The SMILES string of the molecule is O=C(O)COc1cccc2c1CCc1sc(S(=O)(=O)C(c3ccccc3F)c3ccccc3F)nc1-2. The van der Waals surface area contributed by atoms with Crippen LogP contribution in [0.3, 0.4) is 0 Å². The van der Waals surface area contributed by atoms with Crippen molar-refractivity contribution in [3.63, 3.8) is 0 Å². The van der Waals surface area contributed by atoms with Crippen LogP contribution >= 0.6 is 11.3 Å². The predicted molar refractivity (Wildman–Crippen MR) is 130 cm³/mol. The molecule has 1 aromatic heterocycles. The molecule has 6 nitrogen and oxygen atoms in total. The molecule has 0 saturated carbocycles. The molecule has 36 heavy (non-hydrogen) atoms. The van der Waals surface area contributed by atoms with Crippen LogP contribution in [0.15, 0.2) is 71.1 Å². The zero-order valence-corrected chi connectivity index (χ0v) is 20.3. The van der Waals surface area contributed by atoms with Crippen LogP contribution in [0.2, 0.25) is 0 Å². The van der Waals surface area contributed by atoms with Gasteiger partial charge in [-0.3, -0.25) is 0 Å².